The third kappa shape index (κ3) is 3.98. The quantitative estimate of drug-likeness (QED) is 0.859. The van der Waals surface area contributed by atoms with Gasteiger partial charge in [-0.25, -0.2) is 0 Å². The second-order valence-corrected chi connectivity index (χ2v) is 6.49. The third-order valence-corrected chi connectivity index (χ3v) is 4.08. The minimum Gasteiger partial charge on any atom is -0.388 e. The number of aromatic nitrogens is 1. The van der Waals surface area contributed by atoms with Gasteiger partial charge in [0.15, 0.2) is 0 Å². The van der Waals surface area contributed by atoms with Crippen LogP contribution in [0.3, 0.4) is 0 Å². The van der Waals surface area contributed by atoms with Gasteiger partial charge in [0.1, 0.15) is 10.7 Å². The standard InChI is InChI=1S/C15H22N2OS/c1-15(2)7-5-12(6-8-15)18-10-11-4-3-9-17-13(11)14(16)19/h3-4,9,12H,5-8,10H2,1-2H3,(H2,16,19). The molecule has 1 saturated carbocycles. The van der Waals surface area contributed by atoms with Gasteiger partial charge in [-0.15, -0.1) is 0 Å². The molecule has 0 unspecified atom stereocenters. The van der Waals surface area contributed by atoms with Gasteiger partial charge in [0.2, 0.25) is 0 Å². The molecule has 104 valence electrons. The summed E-state index contributed by atoms with van der Waals surface area (Å²) in [5.41, 5.74) is 7.82. The smallest absolute Gasteiger partial charge is 0.123 e. The first-order valence-corrected chi connectivity index (χ1v) is 7.24. The Hall–Kier alpha value is -1.00. The Bertz CT molecular complexity index is 449. The summed E-state index contributed by atoms with van der Waals surface area (Å²) in [7, 11) is 0. The van der Waals surface area contributed by atoms with Gasteiger partial charge in [0.25, 0.3) is 0 Å². The van der Waals surface area contributed by atoms with Crippen molar-refractivity contribution in [2.75, 3.05) is 0 Å². The van der Waals surface area contributed by atoms with Crippen LogP contribution in [0.4, 0.5) is 0 Å². The van der Waals surface area contributed by atoms with E-state index in [4.69, 9.17) is 22.7 Å². The van der Waals surface area contributed by atoms with Gasteiger partial charge in [0, 0.05) is 11.8 Å². The summed E-state index contributed by atoms with van der Waals surface area (Å²) in [6, 6.07) is 3.87. The monoisotopic (exact) mass is 278 g/mol. The van der Waals surface area contributed by atoms with Crippen LogP contribution in [0.25, 0.3) is 0 Å². The Labute approximate surface area is 120 Å². The zero-order valence-corrected chi connectivity index (χ0v) is 12.5. The first-order chi connectivity index (χ1) is 8.98. The Morgan fingerprint density at radius 2 is 2.16 bits per heavy atom. The van der Waals surface area contributed by atoms with E-state index >= 15 is 0 Å². The molecule has 0 aromatic carbocycles. The van der Waals surface area contributed by atoms with Crippen molar-refractivity contribution in [1.82, 2.24) is 4.98 Å². The van der Waals surface area contributed by atoms with Crippen molar-refractivity contribution in [3.05, 3.63) is 29.6 Å². The van der Waals surface area contributed by atoms with Crippen LogP contribution in [0, 0.1) is 5.41 Å². The molecule has 4 heteroatoms. The summed E-state index contributed by atoms with van der Waals surface area (Å²) in [6.45, 7) is 5.20. The molecule has 1 heterocycles. The first-order valence-electron chi connectivity index (χ1n) is 6.83. The molecule has 3 nitrogen and oxygen atoms in total. The summed E-state index contributed by atoms with van der Waals surface area (Å²) < 4.78 is 6.00. The molecule has 0 radical (unpaired) electrons. The Morgan fingerprint density at radius 3 is 2.79 bits per heavy atom. The van der Waals surface area contributed by atoms with Crippen molar-refractivity contribution in [2.45, 2.75) is 52.2 Å². The predicted octanol–water partition coefficient (Wildman–Crippen LogP) is 3.20. The molecule has 0 atom stereocenters. The summed E-state index contributed by atoms with van der Waals surface area (Å²) in [6.07, 6.45) is 6.79. The lowest BCUT2D eigenvalue weighted by molar-refractivity contribution is -0.00572. The van der Waals surface area contributed by atoms with Crippen molar-refractivity contribution in [3.8, 4) is 0 Å². The molecule has 1 aliphatic carbocycles. The number of hydrogen-bond acceptors (Lipinski definition) is 3. The molecule has 0 aliphatic heterocycles. The van der Waals surface area contributed by atoms with Gasteiger partial charge < -0.3 is 10.5 Å². The minimum absolute atomic E-state index is 0.337. The van der Waals surface area contributed by atoms with Gasteiger partial charge in [-0.3, -0.25) is 4.98 Å². The van der Waals surface area contributed by atoms with E-state index in [-0.39, 0.29) is 0 Å². The molecular weight excluding hydrogens is 256 g/mol. The molecule has 0 saturated heterocycles. The van der Waals surface area contributed by atoms with Crippen LogP contribution in [0.5, 0.6) is 0 Å². The molecule has 0 spiro atoms. The third-order valence-electron chi connectivity index (χ3n) is 3.89. The molecule has 1 fully saturated rings. The van der Waals surface area contributed by atoms with E-state index in [1.165, 1.54) is 12.8 Å². The van der Waals surface area contributed by atoms with E-state index in [1.54, 1.807) is 6.20 Å². The average Bonchev–Trinajstić information content (AvgIpc) is 2.38. The fourth-order valence-corrected chi connectivity index (χ4v) is 2.71. The number of thiocarbonyl (C=S) groups is 1. The van der Waals surface area contributed by atoms with E-state index in [2.05, 4.69) is 18.8 Å². The number of ether oxygens (including phenoxy) is 1. The van der Waals surface area contributed by atoms with Gasteiger partial charge in [-0.2, -0.15) is 0 Å². The summed E-state index contributed by atoms with van der Waals surface area (Å²) in [5.74, 6) is 0. The van der Waals surface area contributed by atoms with E-state index in [0.29, 0.717) is 28.8 Å². The van der Waals surface area contributed by atoms with Crippen LogP contribution >= 0.6 is 12.2 Å². The second-order valence-electron chi connectivity index (χ2n) is 6.05. The summed E-state index contributed by atoms with van der Waals surface area (Å²) >= 11 is 5.01. The maximum Gasteiger partial charge on any atom is 0.123 e. The highest BCUT2D eigenvalue weighted by atomic mass is 32.1. The van der Waals surface area contributed by atoms with Crippen molar-refractivity contribution >= 4 is 17.2 Å². The first kappa shape index (κ1) is 14.4. The van der Waals surface area contributed by atoms with Crippen LogP contribution in [0.1, 0.15) is 50.8 Å². The Kier molecular flexibility index (Phi) is 4.53. The van der Waals surface area contributed by atoms with Crippen LogP contribution in [0.15, 0.2) is 18.3 Å². The van der Waals surface area contributed by atoms with Crippen LogP contribution in [-0.4, -0.2) is 16.1 Å². The molecule has 0 amide bonds. The van der Waals surface area contributed by atoms with Crippen LogP contribution in [0.2, 0.25) is 0 Å². The molecular formula is C15H22N2OS. The summed E-state index contributed by atoms with van der Waals surface area (Å²) in [5, 5.41) is 0. The van der Waals surface area contributed by atoms with Gasteiger partial charge in [-0.1, -0.05) is 32.1 Å². The fourth-order valence-electron chi connectivity index (χ4n) is 2.52. The zero-order valence-electron chi connectivity index (χ0n) is 11.7. The minimum atomic E-state index is 0.337. The van der Waals surface area contributed by atoms with E-state index in [0.717, 1.165) is 18.4 Å². The maximum atomic E-state index is 6.00. The lowest BCUT2D eigenvalue weighted by atomic mass is 9.76. The average molecular weight is 278 g/mol. The number of hydrogen-bond donors (Lipinski definition) is 1. The van der Waals surface area contributed by atoms with E-state index in [9.17, 15) is 0 Å². The van der Waals surface area contributed by atoms with Gasteiger partial charge >= 0.3 is 0 Å². The second kappa shape index (κ2) is 5.97. The Morgan fingerprint density at radius 1 is 1.47 bits per heavy atom. The molecule has 1 aliphatic rings. The lowest BCUT2D eigenvalue weighted by Crippen LogP contribution is -2.26. The SMILES string of the molecule is CC1(C)CCC(OCc2cccnc2C(N)=S)CC1. The molecule has 1 aromatic rings. The summed E-state index contributed by atoms with van der Waals surface area (Å²) in [4.78, 5) is 4.56. The van der Waals surface area contributed by atoms with Crippen molar-refractivity contribution < 1.29 is 4.74 Å². The normalized spacial score (nSPS) is 19.3. The zero-order chi connectivity index (χ0) is 13.9. The molecule has 2 N–H and O–H groups in total. The highest BCUT2D eigenvalue weighted by Gasteiger charge is 2.27. The number of nitrogens with two attached hydrogens (primary N) is 1. The molecule has 2 rings (SSSR count). The van der Waals surface area contributed by atoms with Gasteiger partial charge in [-0.05, 0) is 37.2 Å². The highest BCUT2D eigenvalue weighted by molar-refractivity contribution is 7.80. The van der Waals surface area contributed by atoms with Crippen molar-refractivity contribution in [2.24, 2.45) is 11.1 Å². The maximum absolute atomic E-state index is 6.00. The number of nitrogens with zero attached hydrogens (tertiary/aromatic N) is 1. The largest absolute Gasteiger partial charge is 0.388 e. The van der Waals surface area contributed by atoms with Crippen LogP contribution < -0.4 is 5.73 Å². The van der Waals surface area contributed by atoms with Gasteiger partial charge in [0.05, 0.1) is 12.7 Å². The van der Waals surface area contributed by atoms with E-state index < -0.39 is 0 Å². The highest BCUT2D eigenvalue weighted by Crippen LogP contribution is 2.36. The molecule has 19 heavy (non-hydrogen) atoms. The number of pyridine rings is 1. The van der Waals surface area contributed by atoms with Crippen molar-refractivity contribution in [3.63, 3.8) is 0 Å². The predicted molar refractivity (Wildman–Crippen MR) is 81.0 cm³/mol. The van der Waals surface area contributed by atoms with Crippen molar-refractivity contribution in [1.29, 1.82) is 0 Å². The topological polar surface area (TPSA) is 48.1 Å². The molecule has 1 aromatic heterocycles. The number of rotatable bonds is 4. The molecule has 0 bridgehead atoms. The van der Waals surface area contributed by atoms with E-state index in [1.807, 2.05) is 12.1 Å². The Balaban J connectivity index is 1.91. The fraction of sp³-hybridized carbons (Fsp3) is 0.600. The lowest BCUT2D eigenvalue weighted by Gasteiger charge is -2.34. The van der Waals surface area contributed by atoms with Crippen LogP contribution in [-0.2, 0) is 11.3 Å².